The van der Waals surface area contributed by atoms with E-state index in [4.69, 9.17) is 0 Å². The molecule has 0 unspecified atom stereocenters. The van der Waals surface area contributed by atoms with Gasteiger partial charge < -0.3 is 4.90 Å². The Labute approximate surface area is 99.7 Å². The lowest BCUT2D eigenvalue weighted by Crippen LogP contribution is -2.25. The van der Waals surface area contributed by atoms with Gasteiger partial charge in [0, 0.05) is 20.1 Å². The molecule has 0 bridgehead atoms. The highest BCUT2D eigenvalue weighted by Crippen LogP contribution is 2.22. The van der Waals surface area contributed by atoms with Crippen LogP contribution in [0.15, 0.2) is 6.33 Å². The van der Waals surface area contributed by atoms with Crippen molar-refractivity contribution in [1.82, 2.24) is 25.0 Å². The maximum absolute atomic E-state index is 4.38. The first kappa shape index (κ1) is 10.4. The minimum absolute atomic E-state index is 0.805. The van der Waals surface area contributed by atoms with Crippen LogP contribution in [0, 0.1) is 0 Å². The third-order valence-electron chi connectivity index (χ3n) is 3.27. The molecule has 2 aromatic rings. The van der Waals surface area contributed by atoms with Crippen molar-refractivity contribution in [3.63, 3.8) is 0 Å². The first-order chi connectivity index (χ1) is 8.36. The fourth-order valence-electron chi connectivity index (χ4n) is 2.35. The number of anilines is 1. The van der Waals surface area contributed by atoms with Crippen molar-refractivity contribution >= 4 is 17.0 Å². The molecule has 1 fully saturated rings. The van der Waals surface area contributed by atoms with E-state index in [1.54, 1.807) is 11.0 Å². The lowest BCUT2D eigenvalue weighted by molar-refractivity contribution is 0.726. The molecule has 0 amide bonds. The van der Waals surface area contributed by atoms with Gasteiger partial charge in [0.05, 0.1) is 0 Å². The van der Waals surface area contributed by atoms with Crippen LogP contribution in [0.5, 0.6) is 0 Å². The molecule has 17 heavy (non-hydrogen) atoms. The van der Waals surface area contributed by atoms with Crippen molar-refractivity contribution in [1.29, 1.82) is 0 Å². The molecule has 90 valence electrons. The van der Waals surface area contributed by atoms with E-state index >= 15 is 0 Å². The number of hydrogen-bond donors (Lipinski definition) is 0. The molecule has 0 saturated carbocycles. The maximum Gasteiger partial charge on any atom is 0.183 e. The van der Waals surface area contributed by atoms with Crippen molar-refractivity contribution in [2.24, 2.45) is 7.05 Å². The molecule has 0 radical (unpaired) electrons. The largest absolute Gasteiger partial charge is 0.355 e. The van der Waals surface area contributed by atoms with Crippen LogP contribution in [-0.4, -0.2) is 38.1 Å². The van der Waals surface area contributed by atoms with Crippen LogP contribution in [0.2, 0.25) is 0 Å². The smallest absolute Gasteiger partial charge is 0.183 e. The van der Waals surface area contributed by atoms with Gasteiger partial charge in [0.1, 0.15) is 6.33 Å². The number of aryl methyl sites for hydroxylation is 1. The molecule has 0 N–H and O–H groups in total. The third-order valence-corrected chi connectivity index (χ3v) is 3.27. The molecule has 2 aromatic heterocycles. The van der Waals surface area contributed by atoms with Gasteiger partial charge >= 0.3 is 0 Å². The Morgan fingerprint density at radius 1 is 1.06 bits per heavy atom. The zero-order valence-electron chi connectivity index (χ0n) is 10.0. The van der Waals surface area contributed by atoms with E-state index in [1.807, 2.05) is 7.05 Å². The predicted octanol–water partition coefficient (Wildman–Crippen LogP) is 1.14. The number of hydrogen-bond acceptors (Lipinski definition) is 5. The van der Waals surface area contributed by atoms with Crippen LogP contribution < -0.4 is 4.90 Å². The van der Waals surface area contributed by atoms with Gasteiger partial charge in [0.2, 0.25) is 0 Å². The van der Waals surface area contributed by atoms with Gasteiger partial charge in [-0.1, -0.05) is 18.1 Å². The fourth-order valence-corrected chi connectivity index (χ4v) is 2.35. The molecule has 6 nitrogen and oxygen atoms in total. The van der Waals surface area contributed by atoms with Crippen LogP contribution in [0.1, 0.15) is 25.7 Å². The average molecular weight is 232 g/mol. The molecule has 3 rings (SSSR count). The topological polar surface area (TPSA) is 59.7 Å². The fraction of sp³-hybridized carbons (Fsp3) is 0.636. The first-order valence-corrected chi connectivity index (χ1v) is 6.11. The molecule has 0 aliphatic carbocycles. The van der Waals surface area contributed by atoms with Gasteiger partial charge in [0.15, 0.2) is 17.0 Å². The summed E-state index contributed by atoms with van der Waals surface area (Å²) < 4.78 is 1.69. The van der Waals surface area contributed by atoms with Crippen molar-refractivity contribution in [2.75, 3.05) is 18.0 Å². The molecule has 3 heterocycles. The van der Waals surface area contributed by atoms with Gasteiger partial charge in [-0.15, -0.1) is 5.10 Å². The third kappa shape index (κ3) is 1.83. The predicted molar refractivity (Wildman–Crippen MR) is 64.8 cm³/mol. The van der Waals surface area contributed by atoms with E-state index < -0.39 is 0 Å². The lowest BCUT2D eigenvalue weighted by Gasteiger charge is -2.20. The summed E-state index contributed by atoms with van der Waals surface area (Å²) in [6.07, 6.45) is 6.68. The highest BCUT2D eigenvalue weighted by atomic mass is 15.4. The summed E-state index contributed by atoms with van der Waals surface area (Å²) in [5.74, 6) is 0.935. The highest BCUT2D eigenvalue weighted by Gasteiger charge is 2.17. The number of nitrogens with zero attached hydrogens (tertiary/aromatic N) is 6. The number of rotatable bonds is 1. The molecule has 6 heteroatoms. The summed E-state index contributed by atoms with van der Waals surface area (Å²) in [4.78, 5) is 10.9. The van der Waals surface area contributed by atoms with Crippen LogP contribution in [0.4, 0.5) is 5.82 Å². The molecule has 1 aliphatic heterocycles. The van der Waals surface area contributed by atoms with E-state index in [2.05, 4.69) is 25.2 Å². The molecule has 1 aliphatic rings. The van der Waals surface area contributed by atoms with E-state index in [0.29, 0.717) is 0 Å². The Morgan fingerprint density at radius 2 is 1.82 bits per heavy atom. The quantitative estimate of drug-likeness (QED) is 0.738. The molecular formula is C11H16N6. The first-order valence-electron chi connectivity index (χ1n) is 6.11. The minimum atomic E-state index is 0.805. The van der Waals surface area contributed by atoms with Crippen LogP contribution in [0.3, 0.4) is 0 Å². The Balaban J connectivity index is 2.03. The second kappa shape index (κ2) is 4.27. The summed E-state index contributed by atoms with van der Waals surface area (Å²) in [5, 5.41) is 8.18. The number of fused-ring (bicyclic) bond motifs is 1. The Kier molecular flexibility index (Phi) is 2.62. The Hall–Kier alpha value is -1.72. The lowest BCUT2D eigenvalue weighted by atomic mass is 10.2. The minimum Gasteiger partial charge on any atom is -0.355 e. The average Bonchev–Trinajstić information content (AvgIpc) is 2.59. The maximum atomic E-state index is 4.38. The van der Waals surface area contributed by atoms with Crippen molar-refractivity contribution < 1.29 is 0 Å². The van der Waals surface area contributed by atoms with Crippen molar-refractivity contribution in [2.45, 2.75) is 25.7 Å². The Bertz CT molecular complexity index is 512. The summed E-state index contributed by atoms with van der Waals surface area (Å²) in [6.45, 7) is 2.12. The summed E-state index contributed by atoms with van der Waals surface area (Å²) in [7, 11) is 1.86. The zero-order chi connectivity index (χ0) is 11.7. The second-order valence-electron chi connectivity index (χ2n) is 4.48. The van der Waals surface area contributed by atoms with Crippen molar-refractivity contribution in [3.05, 3.63) is 6.33 Å². The van der Waals surface area contributed by atoms with Gasteiger partial charge in [-0.2, -0.15) is 0 Å². The molecule has 1 saturated heterocycles. The van der Waals surface area contributed by atoms with E-state index in [-0.39, 0.29) is 0 Å². The van der Waals surface area contributed by atoms with Gasteiger partial charge in [0.25, 0.3) is 0 Å². The number of aromatic nitrogens is 5. The summed E-state index contributed by atoms with van der Waals surface area (Å²) in [5.41, 5.74) is 1.62. The summed E-state index contributed by atoms with van der Waals surface area (Å²) >= 11 is 0. The van der Waals surface area contributed by atoms with E-state index in [0.717, 1.165) is 30.1 Å². The second-order valence-corrected chi connectivity index (χ2v) is 4.48. The normalized spacial score (nSPS) is 17.4. The van der Waals surface area contributed by atoms with E-state index in [1.165, 1.54) is 25.7 Å². The standard InChI is InChI=1S/C11H16N6/c1-16-10-9(14-15-16)11(13-8-12-10)17-6-4-2-3-5-7-17/h8H,2-7H2,1H3. The molecule has 0 atom stereocenters. The highest BCUT2D eigenvalue weighted by molar-refractivity contribution is 5.82. The van der Waals surface area contributed by atoms with E-state index in [9.17, 15) is 0 Å². The van der Waals surface area contributed by atoms with Crippen LogP contribution >= 0.6 is 0 Å². The van der Waals surface area contributed by atoms with Crippen LogP contribution in [0.25, 0.3) is 11.2 Å². The molecular weight excluding hydrogens is 216 g/mol. The van der Waals surface area contributed by atoms with Gasteiger partial charge in [-0.3, -0.25) is 0 Å². The van der Waals surface area contributed by atoms with Crippen molar-refractivity contribution in [3.8, 4) is 0 Å². The van der Waals surface area contributed by atoms with Gasteiger partial charge in [-0.25, -0.2) is 14.6 Å². The SMILES string of the molecule is Cn1nnc2c(N3CCCCCC3)ncnc21. The van der Waals surface area contributed by atoms with Gasteiger partial charge in [-0.05, 0) is 12.8 Å². The monoisotopic (exact) mass is 232 g/mol. The zero-order valence-corrected chi connectivity index (χ0v) is 10.0. The molecule has 0 spiro atoms. The summed E-state index contributed by atoms with van der Waals surface area (Å²) in [6, 6.07) is 0. The van der Waals surface area contributed by atoms with Crippen LogP contribution in [-0.2, 0) is 7.05 Å². The molecule has 0 aromatic carbocycles. The Morgan fingerprint density at radius 3 is 2.59 bits per heavy atom.